The summed E-state index contributed by atoms with van der Waals surface area (Å²) in [5.41, 5.74) is 7.71. The van der Waals surface area contributed by atoms with Gasteiger partial charge in [0.25, 0.3) is 5.91 Å². The maximum atomic E-state index is 15.4. The van der Waals surface area contributed by atoms with Crippen molar-refractivity contribution in [3.8, 4) is 0 Å². The second-order valence-corrected chi connectivity index (χ2v) is 16.0. The molecule has 0 aliphatic carbocycles. The van der Waals surface area contributed by atoms with Crippen molar-refractivity contribution < 1.29 is 18.8 Å². The van der Waals surface area contributed by atoms with Gasteiger partial charge in [-0.2, -0.15) is 10.1 Å². The maximum Gasteiger partial charge on any atom is 0.255 e. The molecule has 15 heteroatoms. The number of nitrogens with one attached hydrogen (secondary N) is 3. The van der Waals surface area contributed by atoms with E-state index in [1.54, 1.807) is 10.7 Å². The Morgan fingerprint density at radius 2 is 1.62 bits per heavy atom. The highest BCUT2D eigenvalue weighted by atomic mass is 19.1. The number of hydrogen-bond acceptors (Lipinski definition) is 11. The number of rotatable bonds is 9. The average Bonchev–Trinajstić information content (AvgIpc) is 3.70. The van der Waals surface area contributed by atoms with Crippen LogP contribution in [0.4, 0.5) is 38.9 Å². The molecule has 4 aliphatic heterocycles. The van der Waals surface area contributed by atoms with Crippen molar-refractivity contribution in [3.05, 3.63) is 88.9 Å². The van der Waals surface area contributed by atoms with E-state index in [4.69, 9.17) is 4.98 Å². The first-order chi connectivity index (χ1) is 28.1. The van der Waals surface area contributed by atoms with Crippen LogP contribution in [0.5, 0.6) is 0 Å². The first-order valence-electron chi connectivity index (χ1n) is 20.2. The van der Waals surface area contributed by atoms with Crippen LogP contribution in [0.2, 0.25) is 0 Å². The van der Waals surface area contributed by atoms with Crippen LogP contribution in [0, 0.1) is 25.6 Å². The Bertz CT molecular complexity index is 2380. The minimum atomic E-state index is -0.715. The van der Waals surface area contributed by atoms with Crippen molar-refractivity contribution in [2.45, 2.75) is 52.1 Å². The number of nitrogens with zero attached hydrogens (tertiary/aromatic N) is 8. The zero-order chi connectivity index (χ0) is 40.1. The van der Waals surface area contributed by atoms with E-state index < -0.39 is 17.8 Å². The molecule has 0 bridgehead atoms. The van der Waals surface area contributed by atoms with E-state index >= 15 is 4.39 Å². The van der Waals surface area contributed by atoms with Gasteiger partial charge in [0.1, 0.15) is 11.9 Å². The monoisotopic (exact) mass is 785 g/mol. The summed E-state index contributed by atoms with van der Waals surface area (Å²) in [4.78, 5) is 55.1. The summed E-state index contributed by atoms with van der Waals surface area (Å²) >= 11 is 0. The first-order valence-corrected chi connectivity index (χ1v) is 20.2. The molecule has 0 radical (unpaired) electrons. The van der Waals surface area contributed by atoms with E-state index in [9.17, 15) is 14.4 Å². The van der Waals surface area contributed by atoms with Gasteiger partial charge in [0, 0.05) is 94.6 Å². The van der Waals surface area contributed by atoms with Crippen LogP contribution < -0.4 is 25.8 Å². The SMILES string of the molecule is Cc1cccc(C)c1Nc1nn(C)c2nc(Nc3ccc(N4CCN(CC5CCN(c6cc7c(cc6F)C(=O)N(C6CCC(=O)NC6=O)C7)CC5)CC4)cc3)ncc12. The molecule has 3 amide bonds. The van der Waals surface area contributed by atoms with Gasteiger partial charge in [-0.05, 0) is 92.1 Å². The van der Waals surface area contributed by atoms with E-state index in [0.29, 0.717) is 23.1 Å². The zero-order valence-corrected chi connectivity index (χ0v) is 33.1. The lowest BCUT2D eigenvalue weighted by Gasteiger charge is -2.40. The first kappa shape index (κ1) is 37.5. The Hall–Kier alpha value is -6.09. The molecule has 300 valence electrons. The van der Waals surface area contributed by atoms with Crippen LogP contribution in [0.1, 0.15) is 52.7 Å². The van der Waals surface area contributed by atoms with Gasteiger partial charge in [0.05, 0.1) is 11.1 Å². The minimum absolute atomic E-state index is 0.186. The molecule has 58 heavy (non-hydrogen) atoms. The van der Waals surface area contributed by atoms with Crippen molar-refractivity contribution >= 4 is 63.3 Å². The van der Waals surface area contributed by atoms with Crippen LogP contribution in [0.3, 0.4) is 0 Å². The third-order valence-corrected chi connectivity index (χ3v) is 12.2. The summed E-state index contributed by atoms with van der Waals surface area (Å²) in [6, 6.07) is 17.0. The lowest BCUT2D eigenvalue weighted by Crippen LogP contribution is -2.52. The topological polar surface area (TPSA) is 144 Å². The van der Waals surface area contributed by atoms with Crippen molar-refractivity contribution in [1.82, 2.24) is 34.9 Å². The predicted molar refractivity (Wildman–Crippen MR) is 221 cm³/mol. The fourth-order valence-corrected chi connectivity index (χ4v) is 8.93. The third-order valence-electron chi connectivity index (χ3n) is 12.2. The fourth-order valence-electron chi connectivity index (χ4n) is 8.93. The van der Waals surface area contributed by atoms with Crippen LogP contribution in [-0.2, 0) is 23.2 Å². The number of amides is 3. The standard InChI is InChI=1S/C43H48FN11O3/c1-26-5-4-6-27(2)38(26)48-39-33-23-45-43(49-40(33)51(3)50-39)46-30-7-9-31(10-8-30)53-19-17-52(18-20-53)24-28-13-15-54(16-14-28)36-21-29-25-55(42(58)32(29)22-34(36)44)35-11-12-37(56)47-41(35)57/h4-10,21-23,28,35H,11-20,24-25H2,1-3H3,(H,48,50)(H,45,46,49)(H,47,56,57). The van der Waals surface area contributed by atoms with Gasteiger partial charge in [-0.3, -0.25) is 24.6 Å². The number of fused-ring (bicyclic) bond motifs is 2. The molecule has 3 aromatic carbocycles. The second-order valence-electron chi connectivity index (χ2n) is 16.0. The van der Waals surface area contributed by atoms with Gasteiger partial charge >= 0.3 is 0 Å². The van der Waals surface area contributed by atoms with Crippen LogP contribution in [0.25, 0.3) is 11.0 Å². The highest BCUT2D eigenvalue weighted by molar-refractivity contribution is 6.05. The Balaban J connectivity index is 0.749. The fraction of sp³-hybridized carbons (Fsp3) is 0.395. The van der Waals surface area contributed by atoms with E-state index in [-0.39, 0.29) is 31.2 Å². The number of aromatic nitrogens is 4. The number of anilines is 6. The summed E-state index contributed by atoms with van der Waals surface area (Å²) < 4.78 is 17.2. The summed E-state index contributed by atoms with van der Waals surface area (Å²) in [6.07, 6.45) is 4.21. The number of carbonyl (C=O) groups is 3. The largest absolute Gasteiger partial charge is 0.369 e. The highest BCUT2D eigenvalue weighted by Gasteiger charge is 2.40. The number of piperazine rings is 1. The minimum Gasteiger partial charge on any atom is -0.369 e. The van der Waals surface area contributed by atoms with Gasteiger partial charge in [-0.1, -0.05) is 18.2 Å². The molecule has 9 rings (SSSR count). The summed E-state index contributed by atoms with van der Waals surface area (Å²) in [5.74, 6) is 0.203. The van der Waals surface area contributed by atoms with Crippen molar-refractivity contribution in [2.75, 3.05) is 66.2 Å². The molecule has 3 N–H and O–H groups in total. The van der Waals surface area contributed by atoms with Gasteiger partial charge < -0.3 is 25.3 Å². The molecule has 4 aliphatic rings. The van der Waals surface area contributed by atoms with E-state index in [0.717, 1.165) is 104 Å². The summed E-state index contributed by atoms with van der Waals surface area (Å²) in [7, 11) is 1.89. The molecule has 3 fully saturated rings. The number of benzene rings is 3. The quantitative estimate of drug-likeness (QED) is 0.165. The zero-order valence-electron chi connectivity index (χ0n) is 33.1. The van der Waals surface area contributed by atoms with E-state index in [1.807, 2.05) is 19.3 Å². The van der Waals surface area contributed by atoms with Crippen LogP contribution >= 0.6 is 0 Å². The second kappa shape index (κ2) is 15.3. The smallest absolute Gasteiger partial charge is 0.255 e. The summed E-state index contributed by atoms with van der Waals surface area (Å²) in [5, 5.41) is 14.7. The molecule has 3 saturated heterocycles. The molecule has 2 aromatic heterocycles. The lowest BCUT2D eigenvalue weighted by atomic mass is 9.95. The average molecular weight is 786 g/mol. The molecule has 1 atom stereocenters. The number of para-hydroxylation sites is 1. The van der Waals surface area contributed by atoms with Crippen molar-refractivity contribution in [2.24, 2.45) is 13.0 Å². The Morgan fingerprint density at radius 3 is 2.34 bits per heavy atom. The molecule has 0 saturated carbocycles. The van der Waals surface area contributed by atoms with Gasteiger partial charge in [0.15, 0.2) is 11.5 Å². The van der Waals surface area contributed by atoms with Gasteiger partial charge in [-0.25, -0.2) is 14.1 Å². The Labute approximate surface area is 336 Å². The number of imide groups is 1. The van der Waals surface area contributed by atoms with Crippen LogP contribution in [0.15, 0.2) is 60.8 Å². The van der Waals surface area contributed by atoms with Crippen molar-refractivity contribution in [3.63, 3.8) is 0 Å². The van der Waals surface area contributed by atoms with Gasteiger partial charge in [-0.15, -0.1) is 0 Å². The molecule has 5 aromatic rings. The number of halogens is 1. The normalized spacial score (nSPS) is 19.2. The predicted octanol–water partition coefficient (Wildman–Crippen LogP) is 5.41. The Kier molecular flexibility index (Phi) is 9.92. The van der Waals surface area contributed by atoms with E-state index in [2.05, 4.69) is 91.0 Å². The highest BCUT2D eigenvalue weighted by Crippen LogP contribution is 2.35. The molecule has 14 nitrogen and oxygen atoms in total. The van der Waals surface area contributed by atoms with Crippen molar-refractivity contribution in [1.29, 1.82) is 0 Å². The molecular weight excluding hydrogens is 738 g/mol. The molecular formula is C43H48FN11O3. The molecule has 6 heterocycles. The summed E-state index contributed by atoms with van der Waals surface area (Å²) in [6.45, 7) is 10.8. The molecule has 1 unspecified atom stereocenters. The number of piperidine rings is 2. The lowest BCUT2D eigenvalue weighted by molar-refractivity contribution is -0.136. The van der Waals surface area contributed by atoms with Gasteiger partial charge in [0.2, 0.25) is 17.8 Å². The van der Waals surface area contributed by atoms with E-state index in [1.165, 1.54) is 16.7 Å². The number of carbonyl (C=O) groups excluding carboxylic acids is 3. The maximum absolute atomic E-state index is 15.4. The third kappa shape index (κ3) is 7.30. The molecule has 0 spiro atoms. The number of hydrogen-bond donors (Lipinski definition) is 3. The Morgan fingerprint density at radius 1 is 0.879 bits per heavy atom. The number of aryl methyl sites for hydroxylation is 3. The van der Waals surface area contributed by atoms with Crippen LogP contribution in [-0.4, -0.2) is 99.1 Å².